The Morgan fingerprint density at radius 1 is 1.13 bits per heavy atom. The minimum atomic E-state index is -3.48. The Balaban J connectivity index is 1.95. The number of piperazine rings is 1. The monoisotopic (exact) mass is 367 g/mol. The van der Waals surface area contributed by atoms with Gasteiger partial charge in [-0.2, -0.15) is 17.0 Å². The number of carbonyl (C=O) groups excluding carboxylic acids is 1. The molecule has 2 aliphatic rings. The number of hydrogen-bond donors (Lipinski definition) is 0. The Bertz CT molecular complexity index is 635. The maximum Gasteiger partial charge on any atom is 0.282 e. The second kappa shape index (κ2) is 7.04. The molecule has 10 heteroatoms. The summed E-state index contributed by atoms with van der Waals surface area (Å²) in [6.45, 7) is 5.55. The molecule has 2 aliphatic heterocycles. The number of amides is 1. The molecule has 2 saturated heterocycles. The number of hydrogen-bond acceptors (Lipinski definition) is 5. The van der Waals surface area contributed by atoms with Gasteiger partial charge in [0.2, 0.25) is 5.91 Å². The fourth-order valence-corrected chi connectivity index (χ4v) is 6.44. The normalized spacial score (nSPS) is 25.9. The first-order valence-corrected chi connectivity index (χ1v) is 11.2. The fraction of sp³-hybridized carbons (Fsp3) is 0.923. The molecule has 0 aliphatic carbocycles. The van der Waals surface area contributed by atoms with Gasteiger partial charge < -0.3 is 4.90 Å². The van der Waals surface area contributed by atoms with Crippen LogP contribution in [0.3, 0.4) is 0 Å². The van der Waals surface area contributed by atoms with Crippen molar-refractivity contribution < 1.29 is 21.6 Å². The van der Waals surface area contributed by atoms with Crippen molar-refractivity contribution in [3.63, 3.8) is 0 Å². The van der Waals surface area contributed by atoms with Gasteiger partial charge in [0.15, 0.2) is 9.84 Å². The topological polar surface area (TPSA) is 95.1 Å². The van der Waals surface area contributed by atoms with Gasteiger partial charge in [0.05, 0.1) is 17.4 Å². The summed E-state index contributed by atoms with van der Waals surface area (Å²) in [7, 11) is -6.57. The summed E-state index contributed by atoms with van der Waals surface area (Å²) in [5.74, 6) is -0.638. The highest BCUT2D eigenvalue weighted by molar-refractivity contribution is 7.91. The van der Waals surface area contributed by atoms with Gasteiger partial charge in [0, 0.05) is 39.3 Å². The Morgan fingerprint density at radius 3 is 2.13 bits per heavy atom. The van der Waals surface area contributed by atoms with Gasteiger partial charge in [0.1, 0.15) is 0 Å². The van der Waals surface area contributed by atoms with Crippen LogP contribution < -0.4 is 0 Å². The zero-order valence-electron chi connectivity index (χ0n) is 13.6. The van der Waals surface area contributed by atoms with Crippen molar-refractivity contribution in [3.8, 4) is 0 Å². The molecule has 0 saturated carbocycles. The van der Waals surface area contributed by atoms with E-state index in [0.29, 0.717) is 32.6 Å². The minimum Gasteiger partial charge on any atom is -0.340 e. The maximum absolute atomic E-state index is 12.4. The Morgan fingerprint density at radius 2 is 1.70 bits per heavy atom. The number of rotatable bonds is 5. The molecule has 1 amide bonds. The Hall–Kier alpha value is -0.710. The first-order chi connectivity index (χ1) is 10.7. The van der Waals surface area contributed by atoms with Gasteiger partial charge in [-0.15, -0.1) is 0 Å². The third kappa shape index (κ3) is 4.04. The van der Waals surface area contributed by atoms with Gasteiger partial charge >= 0.3 is 0 Å². The zero-order valence-corrected chi connectivity index (χ0v) is 15.3. The van der Waals surface area contributed by atoms with Crippen LogP contribution in [-0.4, -0.2) is 87.0 Å². The maximum atomic E-state index is 12.4. The molecule has 0 aromatic rings. The van der Waals surface area contributed by atoms with E-state index in [0.717, 1.165) is 0 Å². The van der Waals surface area contributed by atoms with Crippen molar-refractivity contribution >= 4 is 26.0 Å². The van der Waals surface area contributed by atoms with Gasteiger partial charge in [-0.3, -0.25) is 4.79 Å². The summed E-state index contributed by atoms with van der Waals surface area (Å²) in [4.78, 5) is 14.0. The second-order valence-corrected chi connectivity index (χ2v) is 10.1. The van der Waals surface area contributed by atoms with Crippen molar-refractivity contribution in [2.24, 2.45) is 5.92 Å². The molecule has 0 aromatic carbocycles. The SMILES string of the molecule is CCN(CC)S(=O)(=O)N1CCN(C(=O)C2CCS(=O)(=O)C2)CC1. The molecule has 1 atom stereocenters. The van der Waals surface area contributed by atoms with Crippen molar-refractivity contribution in [1.82, 2.24) is 13.5 Å². The fourth-order valence-electron chi connectivity index (χ4n) is 3.10. The van der Waals surface area contributed by atoms with Crippen LogP contribution in [0, 0.1) is 5.92 Å². The molecule has 1 unspecified atom stereocenters. The standard InChI is InChI=1S/C13H25N3O5S2/c1-3-15(4-2)23(20,21)16-8-6-14(7-9-16)13(17)12-5-10-22(18,19)11-12/h12H,3-11H2,1-2H3. The van der Waals surface area contributed by atoms with Crippen LogP contribution in [-0.2, 0) is 24.8 Å². The molecule has 2 rings (SSSR count). The smallest absolute Gasteiger partial charge is 0.282 e. The highest BCUT2D eigenvalue weighted by atomic mass is 32.2. The van der Waals surface area contributed by atoms with E-state index in [9.17, 15) is 21.6 Å². The lowest BCUT2D eigenvalue weighted by Gasteiger charge is -2.37. The lowest BCUT2D eigenvalue weighted by molar-refractivity contribution is -0.135. The number of nitrogens with zero attached hydrogens (tertiary/aromatic N) is 3. The van der Waals surface area contributed by atoms with E-state index in [1.807, 2.05) is 0 Å². The molecular weight excluding hydrogens is 342 g/mol. The zero-order chi connectivity index (χ0) is 17.3. The third-order valence-corrected chi connectivity index (χ3v) is 8.44. The van der Waals surface area contributed by atoms with Crippen LogP contribution in [0.25, 0.3) is 0 Å². The lowest BCUT2D eigenvalue weighted by atomic mass is 10.1. The van der Waals surface area contributed by atoms with Gasteiger partial charge in [-0.25, -0.2) is 8.42 Å². The highest BCUT2D eigenvalue weighted by Gasteiger charge is 2.38. The predicted octanol–water partition coefficient (Wildman–Crippen LogP) is -0.848. The van der Waals surface area contributed by atoms with Crippen molar-refractivity contribution in [3.05, 3.63) is 0 Å². The van der Waals surface area contributed by atoms with Crippen LogP contribution >= 0.6 is 0 Å². The van der Waals surface area contributed by atoms with E-state index in [4.69, 9.17) is 0 Å². The summed E-state index contributed by atoms with van der Waals surface area (Å²) < 4.78 is 50.6. The molecule has 2 heterocycles. The van der Waals surface area contributed by atoms with Crippen LogP contribution in [0.2, 0.25) is 0 Å². The van der Waals surface area contributed by atoms with E-state index in [1.165, 1.54) is 8.61 Å². The van der Waals surface area contributed by atoms with E-state index < -0.39 is 26.0 Å². The van der Waals surface area contributed by atoms with Gasteiger partial charge in [-0.1, -0.05) is 13.8 Å². The lowest BCUT2D eigenvalue weighted by Crippen LogP contribution is -2.55. The third-order valence-electron chi connectivity index (χ3n) is 4.49. The number of sulfone groups is 1. The molecule has 0 aromatic heterocycles. The van der Waals surface area contributed by atoms with E-state index in [2.05, 4.69) is 0 Å². The first-order valence-electron chi connectivity index (χ1n) is 7.95. The Labute approximate surface area is 138 Å². The molecule has 0 bridgehead atoms. The van der Waals surface area contributed by atoms with E-state index >= 15 is 0 Å². The Kier molecular flexibility index (Phi) is 5.70. The molecule has 0 spiro atoms. The van der Waals surface area contributed by atoms with Crippen LogP contribution in [0.4, 0.5) is 0 Å². The minimum absolute atomic E-state index is 0.0692. The molecule has 0 radical (unpaired) electrons. The van der Waals surface area contributed by atoms with Gasteiger partial charge in [-0.05, 0) is 6.42 Å². The van der Waals surface area contributed by atoms with Crippen LogP contribution in [0.5, 0.6) is 0 Å². The summed E-state index contributed by atoms with van der Waals surface area (Å²) in [5.41, 5.74) is 0. The van der Waals surface area contributed by atoms with Gasteiger partial charge in [0.25, 0.3) is 10.2 Å². The molecule has 2 fully saturated rings. The summed E-state index contributed by atoms with van der Waals surface area (Å²) in [6, 6.07) is 0. The molecular formula is C13H25N3O5S2. The summed E-state index contributed by atoms with van der Waals surface area (Å²) in [5, 5.41) is 0. The van der Waals surface area contributed by atoms with E-state index in [1.54, 1.807) is 18.7 Å². The van der Waals surface area contributed by atoms with Crippen molar-refractivity contribution in [2.45, 2.75) is 20.3 Å². The molecule has 134 valence electrons. The van der Waals surface area contributed by atoms with Crippen LogP contribution in [0.1, 0.15) is 20.3 Å². The second-order valence-electron chi connectivity index (χ2n) is 5.92. The van der Waals surface area contributed by atoms with Crippen molar-refractivity contribution in [1.29, 1.82) is 0 Å². The average molecular weight is 367 g/mol. The quantitative estimate of drug-likeness (QED) is 0.631. The summed E-state index contributed by atoms with van der Waals surface area (Å²) >= 11 is 0. The van der Waals surface area contributed by atoms with Crippen molar-refractivity contribution in [2.75, 3.05) is 50.8 Å². The van der Waals surface area contributed by atoms with E-state index in [-0.39, 0.29) is 30.5 Å². The largest absolute Gasteiger partial charge is 0.340 e. The van der Waals surface area contributed by atoms with Crippen LogP contribution in [0.15, 0.2) is 0 Å². The number of carbonyl (C=O) groups is 1. The summed E-state index contributed by atoms with van der Waals surface area (Å²) in [6.07, 6.45) is 0.374. The molecule has 8 nitrogen and oxygen atoms in total. The first kappa shape index (κ1) is 18.6. The predicted molar refractivity (Wildman–Crippen MR) is 86.8 cm³/mol. The highest BCUT2D eigenvalue weighted by Crippen LogP contribution is 2.22. The molecule has 0 N–H and O–H groups in total. The molecule has 23 heavy (non-hydrogen) atoms. The average Bonchev–Trinajstić information content (AvgIpc) is 2.88.